The average molecular weight is 696 g/mol. The summed E-state index contributed by atoms with van der Waals surface area (Å²) in [5.41, 5.74) is 4.88. The molecule has 0 aromatic heterocycles. The molecule has 0 aliphatic carbocycles. The zero-order valence-corrected chi connectivity index (χ0v) is 29.1. The quantitative estimate of drug-likeness (QED) is 0.0714. The maximum Gasteiger partial charge on any atom is 0.264 e. The van der Waals surface area contributed by atoms with Gasteiger partial charge in [0, 0.05) is 35.8 Å². The first-order valence-corrected chi connectivity index (χ1v) is 18.9. The third kappa shape index (κ3) is 9.74. The first-order valence-electron chi connectivity index (χ1n) is 15.7. The number of hydrogen-bond acceptors (Lipinski definition) is 6. The Labute approximate surface area is 283 Å². The number of amides is 1. The highest BCUT2D eigenvalue weighted by Crippen LogP contribution is 2.51. The zero-order valence-electron chi connectivity index (χ0n) is 27.4. The van der Waals surface area contributed by atoms with Crippen LogP contribution in [0.1, 0.15) is 44.6 Å². The van der Waals surface area contributed by atoms with Crippen molar-refractivity contribution >= 4 is 53.9 Å². The lowest BCUT2D eigenvalue weighted by atomic mass is 9.94. The van der Waals surface area contributed by atoms with Gasteiger partial charge in [-0.1, -0.05) is 60.7 Å². The molecule has 4 rings (SSSR count). The lowest BCUT2D eigenvalue weighted by Gasteiger charge is -2.27. The summed E-state index contributed by atoms with van der Waals surface area (Å²) in [7, 11) is -3.96. The standard InChI is InChI=1S/C36H42N2O8S2/c1-28(39)37(29-17-7-6-8-18-29)23-13-5-4-9-22-33-32(21-12-15-25-47(40,41)42)36-31-20-11-10-19-30(31)35(27-34(36)38(33,2)3)46-24-14-16-26-48(43,44)45/h4-11,13,17-20,22-23,27H,12,14-16,21,24-26H2,1-3H3,(H-,40,41,42,43,44,45)/p+1. The van der Waals surface area contributed by atoms with Gasteiger partial charge in [-0.05, 0) is 61.8 Å². The highest BCUT2D eigenvalue weighted by molar-refractivity contribution is 7.86. The highest BCUT2D eigenvalue weighted by Gasteiger charge is 2.40. The number of nitrogens with zero attached hydrogens (tertiary/aromatic N) is 2. The van der Waals surface area contributed by atoms with Gasteiger partial charge in [0.1, 0.15) is 17.1 Å². The van der Waals surface area contributed by atoms with Crippen molar-refractivity contribution in [2.45, 2.75) is 39.0 Å². The number of ether oxygens (including phenoxy) is 1. The molecule has 1 amide bonds. The van der Waals surface area contributed by atoms with Gasteiger partial charge in [-0.25, -0.2) is 0 Å². The van der Waals surface area contributed by atoms with E-state index in [1.165, 1.54) is 6.92 Å². The molecule has 0 unspecified atom stereocenters. The van der Waals surface area contributed by atoms with Crippen LogP contribution < -0.4 is 14.1 Å². The fourth-order valence-corrected chi connectivity index (χ4v) is 7.01. The van der Waals surface area contributed by atoms with Crippen molar-refractivity contribution in [2.24, 2.45) is 0 Å². The van der Waals surface area contributed by atoms with E-state index < -0.39 is 20.2 Å². The summed E-state index contributed by atoms with van der Waals surface area (Å²) in [6.45, 7) is 1.78. The molecule has 0 saturated carbocycles. The van der Waals surface area contributed by atoms with Gasteiger partial charge in [-0.15, -0.1) is 0 Å². The van der Waals surface area contributed by atoms with Gasteiger partial charge in [0.25, 0.3) is 20.2 Å². The van der Waals surface area contributed by atoms with E-state index >= 15 is 0 Å². The molecule has 0 spiro atoms. The minimum atomic E-state index is -4.07. The molecule has 1 heterocycles. The van der Waals surface area contributed by atoms with Crippen LogP contribution in [0.25, 0.3) is 16.3 Å². The van der Waals surface area contributed by atoms with Gasteiger partial charge in [0.05, 0.1) is 37.8 Å². The SMILES string of the molecule is CC(=O)N(C=CC=CC=CC1=C(CCCCS(=O)(=O)O)c2c(cc(OCCCCS(=O)(=O)O)c3ccccc23)[N+]1(C)C)c1ccccc1. The molecule has 0 atom stereocenters. The fourth-order valence-electron chi connectivity index (χ4n) is 5.87. The predicted molar refractivity (Wildman–Crippen MR) is 193 cm³/mol. The Bertz CT molecular complexity index is 1960. The average Bonchev–Trinajstić information content (AvgIpc) is 3.23. The van der Waals surface area contributed by atoms with Gasteiger partial charge in [0.15, 0.2) is 0 Å². The van der Waals surface area contributed by atoms with Gasteiger partial charge in [-0.2, -0.15) is 16.8 Å². The Hall–Kier alpha value is -4.07. The lowest BCUT2D eigenvalue weighted by Crippen LogP contribution is -2.36. The Kier molecular flexibility index (Phi) is 12.2. The number of rotatable bonds is 16. The van der Waals surface area contributed by atoms with Gasteiger partial charge < -0.3 is 4.74 Å². The highest BCUT2D eigenvalue weighted by atomic mass is 32.2. The van der Waals surface area contributed by atoms with Gasteiger partial charge >= 0.3 is 0 Å². The molecule has 10 nitrogen and oxygen atoms in total. The van der Waals surface area contributed by atoms with E-state index in [0.717, 1.165) is 39.0 Å². The maximum atomic E-state index is 12.2. The Balaban J connectivity index is 1.65. The number of hydrogen-bond donors (Lipinski definition) is 2. The molecule has 0 radical (unpaired) electrons. The first-order chi connectivity index (χ1) is 22.7. The topological polar surface area (TPSA) is 138 Å². The van der Waals surface area contributed by atoms with Crippen molar-refractivity contribution in [1.82, 2.24) is 4.48 Å². The van der Waals surface area contributed by atoms with Crippen LogP contribution in [0.4, 0.5) is 11.4 Å². The second kappa shape index (κ2) is 15.9. The smallest absolute Gasteiger partial charge is 0.264 e. The van der Waals surface area contributed by atoms with Crippen LogP contribution in [0.2, 0.25) is 0 Å². The number of benzene rings is 3. The Morgan fingerprint density at radius 1 is 0.812 bits per heavy atom. The monoisotopic (exact) mass is 695 g/mol. The number of fused-ring (bicyclic) bond motifs is 3. The summed E-state index contributed by atoms with van der Waals surface area (Å²) in [6, 6.07) is 19.3. The number of para-hydroxylation sites is 1. The second-order valence-electron chi connectivity index (χ2n) is 12.0. The fraction of sp³-hybridized carbons (Fsp3) is 0.306. The second-order valence-corrected chi connectivity index (χ2v) is 15.2. The van der Waals surface area contributed by atoms with E-state index in [1.54, 1.807) is 17.2 Å². The van der Waals surface area contributed by atoms with Crippen molar-refractivity contribution < 1.29 is 35.5 Å². The minimum absolute atomic E-state index is 0.110. The van der Waals surface area contributed by atoms with Crippen molar-refractivity contribution in [1.29, 1.82) is 0 Å². The van der Waals surface area contributed by atoms with E-state index in [0.29, 0.717) is 35.9 Å². The number of unbranched alkanes of at least 4 members (excludes halogenated alkanes) is 2. The van der Waals surface area contributed by atoms with Crippen LogP contribution in [0.15, 0.2) is 103 Å². The van der Waals surface area contributed by atoms with E-state index in [4.69, 9.17) is 9.29 Å². The third-order valence-electron chi connectivity index (χ3n) is 8.13. The van der Waals surface area contributed by atoms with E-state index in [2.05, 4.69) is 14.1 Å². The van der Waals surface area contributed by atoms with Crippen LogP contribution in [-0.4, -0.2) is 64.1 Å². The molecule has 1 aliphatic heterocycles. The number of allylic oxidation sites excluding steroid dienone is 6. The molecule has 256 valence electrons. The number of likely N-dealkylation sites (N-methyl/N-ethyl adjacent to an activating group) is 1. The van der Waals surface area contributed by atoms with E-state index in [-0.39, 0.29) is 30.4 Å². The zero-order chi connectivity index (χ0) is 35.0. The molecule has 0 saturated heterocycles. The van der Waals surface area contributed by atoms with Crippen LogP contribution >= 0.6 is 0 Å². The third-order valence-corrected chi connectivity index (χ3v) is 9.74. The predicted octanol–water partition coefficient (Wildman–Crippen LogP) is 6.92. The summed E-state index contributed by atoms with van der Waals surface area (Å²) in [4.78, 5) is 13.8. The molecule has 0 fully saturated rings. The van der Waals surface area contributed by atoms with Crippen molar-refractivity contribution in [3.05, 3.63) is 109 Å². The number of carbonyl (C=O) groups excluding carboxylic acids is 1. The minimum Gasteiger partial charge on any atom is -0.493 e. The van der Waals surface area contributed by atoms with Crippen LogP contribution in [0.3, 0.4) is 0 Å². The largest absolute Gasteiger partial charge is 0.493 e. The normalized spacial score (nSPS) is 14.9. The molecule has 3 aromatic rings. The van der Waals surface area contributed by atoms with Crippen molar-refractivity contribution in [3.63, 3.8) is 0 Å². The summed E-state index contributed by atoms with van der Waals surface area (Å²) in [5, 5.41) is 1.87. The van der Waals surface area contributed by atoms with E-state index in [1.807, 2.05) is 85.0 Å². The molecule has 2 N–H and O–H groups in total. The number of carbonyl (C=O) groups is 1. The summed E-state index contributed by atoms with van der Waals surface area (Å²) in [5.74, 6) is -0.0758. The molecule has 48 heavy (non-hydrogen) atoms. The maximum absolute atomic E-state index is 12.2. The van der Waals surface area contributed by atoms with Crippen LogP contribution in [-0.2, 0) is 25.0 Å². The Morgan fingerprint density at radius 2 is 1.42 bits per heavy atom. The van der Waals surface area contributed by atoms with Gasteiger partial charge in [-0.3, -0.25) is 23.3 Å². The lowest BCUT2D eigenvalue weighted by molar-refractivity contribution is -0.116. The number of quaternary nitrogens is 1. The first kappa shape index (κ1) is 36.8. The molecule has 1 aliphatic rings. The molecule has 3 aromatic carbocycles. The van der Waals surface area contributed by atoms with Crippen molar-refractivity contribution in [3.8, 4) is 5.75 Å². The summed E-state index contributed by atoms with van der Waals surface area (Å²) in [6.07, 6.45) is 13.3. The van der Waals surface area contributed by atoms with Crippen LogP contribution in [0.5, 0.6) is 5.75 Å². The summed E-state index contributed by atoms with van der Waals surface area (Å²) < 4.78 is 70.0. The molecular weight excluding hydrogens is 653 g/mol. The summed E-state index contributed by atoms with van der Waals surface area (Å²) >= 11 is 0. The van der Waals surface area contributed by atoms with Crippen LogP contribution in [0, 0.1) is 0 Å². The molecular formula is C36H43N2O8S2+. The van der Waals surface area contributed by atoms with Crippen molar-refractivity contribution in [2.75, 3.05) is 37.1 Å². The Morgan fingerprint density at radius 3 is 2.06 bits per heavy atom. The van der Waals surface area contributed by atoms with E-state index in [9.17, 15) is 26.2 Å². The molecule has 0 bridgehead atoms. The molecule has 12 heteroatoms. The van der Waals surface area contributed by atoms with Gasteiger partial charge in [0.2, 0.25) is 5.91 Å². The number of anilines is 1.